The van der Waals surface area contributed by atoms with E-state index >= 15 is 0 Å². The molecule has 0 aromatic heterocycles. The van der Waals surface area contributed by atoms with Gasteiger partial charge in [0.15, 0.2) is 0 Å². The second-order valence-corrected chi connectivity index (χ2v) is 4.95. The zero-order valence-corrected chi connectivity index (χ0v) is 12.2. The highest BCUT2D eigenvalue weighted by atomic mass is 16.3. The Morgan fingerprint density at radius 3 is 2.60 bits per heavy atom. The quantitative estimate of drug-likeness (QED) is 0.709. The number of hydrogen-bond acceptors (Lipinski definition) is 3. The Hall–Kier alpha value is -1.88. The fourth-order valence-electron chi connectivity index (χ4n) is 1.73. The molecule has 0 aliphatic heterocycles. The van der Waals surface area contributed by atoms with E-state index in [9.17, 15) is 9.59 Å². The lowest BCUT2D eigenvalue weighted by atomic mass is 10.1. The standard InChI is InChI=1S/C15H22N2O3/c1-4-12-7-13(6-5-11(12)3)17-15(20)14(19)16-8-10(2)9-18/h5-7,10,18H,4,8-9H2,1-3H3,(H,16,19)(H,17,20). The molecule has 0 saturated carbocycles. The van der Waals surface area contributed by atoms with Gasteiger partial charge in [-0.1, -0.05) is 19.9 Å². The van der Waals surface area contributed by atoms with Crippen LogP contribution in [-0.4, -0.2) is 30.1 Å². The van der Waals surface area contributed by atoms with Gasteiger partial charge in [-0.3, -0.25) is 9.59 Å². The molecule has 1 atom stereocenters. The van der Waals surface area contributed by atoms with E-state index < -0.39 is 11.8 Å². The molecule has 1 aromatic carbocycles. The van der Waals surface area contributed by atoms with E-state index in [0.29, 0.717) is 5.69 Å². The lowest BCUT2D eigenvalue weighted by molar-refractivity contribution is -0.136. The van der Waals surface area contributed by atoms with Gasteiger partial charge in [0, 0.05) is 18.8 Å². The number of anilines is 1. The minimum absolute atomic E-state index is 0.0281. The molecule has 20 heavy (non-hydrogen) atoms. The largest absolute Gasteiger partial charge is 0.396 e. The predicted octanol–water partition coefficient (Wildman–Crippen LogP) is 1.24. The number of aliphatic hydroxyl groups is 1. The summed E-state index contributed by atoms with van der Waals surface area (Å²) in [5.74, 6) is -1.46. The zero-order valence-electron chi connectivity index (χ0n) is 12.2. The van der Waals surface area contributed by atoms with Crippen molar-refractivity contribution in [1.82, 2.24) is 5.32 Å². The molecule has 3 N–H and O–H groups in total. The van der Waals surface area contributed by atoms with Crippen molar-refractivity contribution >= 4 is 17.5 Å². The molecule has 0 bridgehead atoms. The number of aryl methyl sites for hydroxylation is 2. The van der Waals surface area contributed by atoms with Crippen molar-refractivity contribution in [2.24, 2.45) is 5.92 Å². The molecular weight excluding hydrogens is 256 g/mol. The minimum Gasteiger partial charge on any atom is -0.396 e. The van der Waals surface area contributed by atoms with Crippen LogP contribution in [0, 0.1) is 12.8 Å². The average Bonchev–Trinajstić information content (AvgIpc) is 2.46. The number of benzene rings is 1. The second kappa shape index (κ2) is 7.65. The number of carbonyl (C=O) groups is 2. The van der Waals surface area contributed by atoms with E-state index in [1.807, 2.05) is 26.0 Å². The Bertz CT molecular complexity index is 486. The molecule has 0 saturated heterocycles. The molecule has 0 fully saturated rings. The maximum atomic E-state index is 11.7. The van der Waals surface area contributed by atoms with Gasteiger partial charge in [-0.05, 0) is 42.5 Å². The molecule has 0 radical (unpaired) electrons. The molecule has 110 valence electrons. The van der Waals surface area contributed by atoms with Crippen molar-refractivity contribution < 1.29 is 14.7 Å². The van der Waals surface area contributed by atoms with Crippen molar-refractivity contribution in [3.05, 3.63) is 29.3 Å². The van der Waals surface area contributed by atoms with Gasteiger partial charge < -0.3 is 15.7 Å². The Morgan fingerprint density at radius 2 is 2.00 bits per heavy atom. The third-order valence-corrected chi connectivity index (χ3v) is 3.12. The van der Waals surface area contributed by atoms with Crippen LogP contribution in [0.25, 0.3) is 0 Å². The van der Waals surface area contributed by atoms with Gasteiger partial charge in [-0.15, -0.1) is 0 Å². The van der Waals surface area contributed by atoms with Gasteiger partial charge in [-0.25, -0.2) is 0 Å². The number of rotatable bonds is 5. The Morgan fingerprint density at radius 1 is 1.30 bits per heavy atom. The normalized spacial score (nSPS) is 11.8. The summed E-state index contributed by atoms with van der Waals surface area (Å²) in [6, 6.07) is 5.56. The van der Waals surface area contributed by atoms with Crippen molar-refractivity contribution in [2.45, 2.75) is 27.2 Å². The van der Waals surface area contributed by atoms with Crippen molar-refractivity contribution in [1.29, 1.82) is 0 Å². The Labute approximate surface area is 119 Å². The van der Waals surface area contributed by atoms with E-state index in [1.54, 1.807) is 13.0 Å². The number of carbonyl (C=O) groups excluding carboxylic acids is 2. The van der Waals surface area contributed by atoms with Crippen LogP contribution >= 0.6 is 0 Å². The summed E-state index contributed by atoms with van der Waals surface area (Å²) in [7, 11) is 0. The van der Waals surface area contributed by atoms with Crippen LogP contribution in [0.5, 0.6) is 0 Å². The molecule has 0 heterocycles. The van der Waals surface area contributed by atoms with Crippen LogP contribution in [0.4, 0.5) is 5.69 Å². The van der Waals surface area contributed by atoms with Crippen molar-refractivity contribution in [3.63, 3.8) is 0 Å². The molecule has 1 aromatic rings. The van der Waals surface area contributed by atoms with Crippen LogP contribution in [0.3, 0.4) is 0 Å². The third kappa shape index (κ3) is 4.66. The highest BCUT2D eigenvalue weighted by molar-refractivity contribution is 6.39. The fourth-order valence-corrected chi connectivity index (χ4v) is 1.73. The van der Waals surface area contributed by atoms with Gasteiger partial charge in [0.05, 0.1) is 0 Å². The van der Waals surface area contributed by atoms with Gasteiger partial charge >= 0.3 is 11.8 Å². The maximum absolute atomic E-state index is 11.7. The summed E-state index contributed by atoms with van der Waals surface area (Å²) in [6.45, 7) is 6.08. The van der Waals surface area contributed by atoms with Crippen LogP contribution in [-0.2, 0) is 16.0 Å². The zero-order chi connectivity index (χ0) is 15.1. The fraction of sp³-hybridized carbons (Fsp3) is 0.467. The smallest absolute Gasteiger partial charge is 0.313 e. The average molecular weight is 278 g/mol. The van der Waals surface area contributed by atoms with E-state index in [4.69, 9.17) is 5.11 Å². The summed E-state index contributed by atoms with van der Waals surface area (Å²) in [6.07, 6.45) is 0.871. The van der Waals surface area contributed by atoms with E-state index in [2.05, 4.69) is 10.6 Å². The molecule has 1 unspecified atom stereocenters. The van der Waals surface area contributed by atoms with Crippen LogP contribution in [0.15, 0.2) is 18.2 Å². The van der Waals surface area contributed by atoms with Crippen LogP contribution in [0.1, 0.15) is 25.0 Å². The number of hydrogen-bond donors (Lipinski definition) is 3. The van der Waals surface area contributed by atoms with Gasteiger partial charge in [0.25, 0.3) is 0 Å². The summed E-state index contributed by atoms with van der Waals surface area (Å²) in [5, 5.41) is 13.9. The van der Waals surface area contributed by atoms with Gasteiger partial charge in [-0.2, -0.15) is 0 Å². The number of amides is 2. The molecule has 5 nitrogen and oxygen atoms in total. The monoisotopic (exact) mass is 278 g/mol. The van der Waals surface area contributed by atoms with Gasteiger partial charge in [0.1, 0.15) is 0 Å². The molecule has 5 heteroatoms. The summed E-state index contributed by atoms with van der Waals surface area (Å²) >= 11 is 0. The topological polar surface area (TPSA) is 78.4 Å². The molecule has 0 aliphatic carbocycles. The third-order valence-electron chi connectivity index (χ3n) is 3.12. The molecule has 1 rings (SSSR count). The van der Waals surface area contributed by atoms with Crippen LogP contribution in [0.2, 0.25) is 0 Å². The number of nitrogens with one attached hydrogen (secondary N) is 2. The predicted molar refractivity (Wildman–Crippen MR) is 78.4 cm³/mol. The highest BCUT2D eigenvalue weighted by Gasteiger charge is 2.14. The van der Waals surface area contributed by atoms with E-state index in [-0.39, 0.29) is 19.1 Å². The molecule has 0 aliphatic rings. The number of aliphatic hydroxyl groups excluding tert-OH is 1. The lowest BCUT2D eigenvalue weighted by Crippen LogP contribution is -2.38. The maximum Gasteiger partial charge on any atom is 0.313 e. The van der Waals surface area contributed by atoms with Crippen LogP contribution < -0.4 is 10.6 Å². The van der Waals surface area contributed by atoms with Gasteiger partial charge in [0.2, 0.25) is 0 Å². The minimum atomic E-state index is -0.693. The highest BCUT2D eigenvalue weighted by Crippen LogP contribution is 2.15. The molecule has 0 spiro atoms. The first-order valence-corrected chi connectivity index (χ1v) is 6.77. The first kappa shape index (κ1) is 16.2. The first-order valence-electron chi connectivity index (χ1n) is 6.77. The second-order valence-electron chi connectivity index (χ2n) is 4.95. The van der Waals surface area contributed by atoms with Crippen molar-refractivity contribution in [2.75, 3.05) is 18.5 Å². The first-order chi connectivity index (χ1) is 9.47. The summed E-state index contributed by atoms with van der Waals surface area (Å²) in [4.78, 5) is 23.3. The summed E-state index contributed by atoms with van der Waals surface area (Å²) < 4.78 is 0. The summed E-state index contributed by atoms with van der Waals surface area (Å²) in [5.41, 5.74) is 2.91. The van der Waals surface area contributed by atoms with Crippen molar-refractivity contribution in [3.8, 4) is 0 Å². The Balaban J connectivity index is 2.59. The van der Waals surface area contributed by atoms with E-state index in [1.165, 1.54) is 0 Å². The van der Waals surface area contributed by atoms with E-state index in [0.717, 1.165) is 17.5 Å². The lowest BCUT2D eigenvalue weighted by Gasteiger charge is -2.11. The Kier molecular flexibility index (Phi) is 6.18. The SMILES string of the molecule is CCc1cc(NC(=O)C(=O)NCC(C)CO)ccc1C. The molecule has 2 amide bonds. The molecular formula is C15H22N2O3.